The number of hydrogen-bond donors (Lipinski definition) is 2. The Morgan fingerprint density at radius 1 is 1.36 bits per heavy atom. The summed E-state index contributed by atoms with van der Waals surface area (Å²) in [7, 11) is -1.54. The average molecular weight is 322 g/mol. The zero-order chi connectivity index (χ0) is 10.3. The van der Waals surface area contributed by atoms with Crippen LogP contribution in [0.15, 0.2) is 17.5 Å². The third-order valence-electron chi connectivity index (χ3n) is 1.94. The lowest BCUT2D eigenvalue weighted by atomic mass is 9.80. The molecule has 1 heterocycles. The van der Waals surface area contributed by atoms with Crippen LogP contribution in [0.4, 0.5) is 4.39 Å². The van der Waals surface area contributed by atoms with Crippen LogP contribution in [0.5, 0.6) is 0 Å². The predicted octanol–water partition coefficient (Wildman–Crippen LogP) is 1.32. The lowest BCUT2D eigenvalue weighted by Gasteiger charge is -1.98. The van der Waals surface area contributed by atoms with Crippen molar-refractivity contribution in [1.82, 2.24) is 0 Å². The summed E-state index contributed by atoms with van der Waals surface area (Å²) in [4.78, 5) is 0. The summed E-state index contributed by atoms with van der Waals surface area (Å²) in [6, 6.07) is 3.32. The molecule has 0 aliphatic heterocycles. The van der Waals surface area contributed by atoms with Gasteiger partial charge in [0, 0.05) is 5.46 Å². The molecular weight excluding hydrogens is 317 g/mol. The van der Waals surface area contributed by atoms with Crippen molar-refractivity contribution in [2.24, 2.45) is 0 Å². The van der Waals surface area contributed by atoms with Gasteiger partial charge in [0.25, 0.3) is 0 Å². The van der Waals surface area contributed by atoms with Gasteiger partial charge in [-0.2, -0.15) is 0 Å². The maximum atomic E-state index is 13.5. The van der Waals surface area contributed by atoms with E-state index in [1.54, 1.807) is 17.5 Å². The first-order valence-electron chi connectivity index (χ1n) is 3.82. The molecule has 6 heteroatoms. The van der Waals surface area contributed by atoms with Gasteiger partial charge in [-0.05, 0) is 39.4 Å². The summed E-state index contributed by atoms with van der Waals surface area (Å²) < 4.78 is 14.5. The SMILES string of the molecule is OB(O)c1csc2c(F)c(I)ccc12. The first-order valence-corrected chi connectivity index (χ1v) is 5.78. The van der Waals surface area contributed by atoms with Crippen molar-refractivity contribution in [3.8, 4) is 0 Å². The minimum absolute atomic E-state index is 0.292. The maximum Gasteiger partial charge on any atom is 0.489 e. The molecule has 0 aliphatic rings. The van der Waals surface area contributed by atoms with Gasteiger partial charge in [0.15, 0.2) is 5.82 Å². The van der Waals surface area contributed by atoms with Crippen molar-refractivity contribution in [2.45, 2.75) is 0 Å². The highest BCUT2D eigenvalue weighted by Crippen LogP contribution is 2.25. The zero-order valence-electron chi connectivity index (χ0n) is 6.87. The number of halogens is 2. The molecule has 1 aromatic carbocycles. The number of fused-ring (bicyclic) bond motifs is 1. The van der Waals surface area contributed by atoms with E-state index >= 15 is 0 Å². The first-order chi connectivity index (χ1) is 6.61. The molecule has 72 valence electrons. The fourth-order valence-corrected chi connectivity index (χ4v) is 2.91. The van der Waals surface area contributed by atoms with Gasteiger partial charge in [-0.1, -0.05) is 6.07 Å². The van der Waals surface area contributed by atoms with Gasteiger partial charge in [-0.15, -0.1) is 11.3 Å². The number of thiophene rings is 1. The van der Waals surface area contributed by atoms with Crippen LogP contribution in [0.25, 0.3) is 10.1 Å². The Balaban J connectivity index is 2.77. The van der Waals surface area contributed by atoms with E-state index in [2.05, 4.69) is 0 Å². The average Bonchev–Trinajstić information content (AvgIpc) is 2.55. The molecule has 0 unspecified atom stereocenters. The minimum Gasteiger partial charge on any atom is -0.423 e. The van der Waals surface area contributed by atoms with Gasteiger partial charge in [0.2, 0.25) is 0 Å². The minimum atomic E-state index is -1.54. The van der Waals surface area contributed by atoms with E-state index in [0.29, 0.717) is 19.1 Å². The monoisotopic (exact) mass is 322 g/mol. The third kappa shape index (κ3) is 1.56. The van der Waals surface area contributed by atoms with Gasteiger partial charge in [-0.25, -0.2) is 4.39 Å². The standard InChI is InChI=1S/C8H5BFIO2S/c10-7-6(11)2-1-4-5(9(12)13)3-14-8(4)7/h1-3,12-13H. The zero-order valence-corrected chi connectivity index (χ0v) is 9.84. The Labute approximate surface area is 97.7 Å². The third-order valence-corrected chi connectivity index (χ3v) is 3.78. The van der Waals surface area contributed by atoms with Crippen molar-refractivity contribution in [3.05, 3.63) is 26.9 Å². The van der Waals surface area contributed by atoms with Gasteiger partial charge in [0.1, 0.15) is 0 Å². The van der Waals surface area contributed by atoms with E-state index in [0.717, 1.165) is 0 Å². The predicted molar refractivity (Wildman–Crippen MR) is 64.3 cm³/mol. The van der Waals surface area contributed by atoms with E-state index in [-0.39, 0.29) is 5.82 Å². The highest BCUT2D eigenvalue weighted by molar-refractivity contribution is 14.1. The Bertz CT molecular complexity index is 485. The molecule has 2 nitrogen and oxygen atoms in total. The van der Waals surface area contributed by atoms with Crippen LogP contribution >= 0.6 is 33.9 Å². The first kappa shape index (κ1) is 10.3. The van der Waals surface area contributed by atoms with Crippen LogP contribution in [-0.4, -0.2) is 17.2 Å². The number of rotatable bonds is 1. The quantitative estimate of drug-likeness (QED) is 0.614. The fraction of sp³-hybridized carbons (Fsp3) is 0. The molecule has 0 atom stereocenters. The molecule has 0 aliphatic carbocycles. The highest BCUT2D eigenvalue weighted by Gasteiger charge is 2.18. The Hall–Kier alpha value is -0.175. The molecule has 0 saturated heterocycles. The van der Waals surface area contributed by atoms with Crippen LogP contribution < -0.4 is 5.46 Å². The molecule has 0 saturated carbocycles. The second-order valence-electron chi connectivity index (χ2n) is 2.80. The Morgan fingerprint density at radius 2 is 2.07 bits per heavy atom. The van der Waals surface area contributed by atoms with E-state index < -0.39 is 7.12 Å². The van der Waals surface area contributed by atoms with Gasteiger partial charge in [-0.3, -0.25) is 0 Å². The van der Waals surface area contributed by atoms with Gasteiger partial charge < -0.3 is 10.0 Å². The van der Waals surface area contributed by atoms with E-state index in [1.807, 2.05) is 22.6 Å². The lowest BCUT2D eigenvalue weighted by Crippen LogP contribution is -2.28. The maximum absolute atomic E-state index is 13.5. The molecule has 2 rings (SSSR count). The van der Waals surface area contributed by atoms with Crippen molar-refractivity contribution in [2.75, 3.05) is 0 Å². The van der Waals surface area contributed by atoms with Crippen LogP contribution in [-0.2, 0) is 0 Å². The Morgan fingerprint density at radius 3 is 2.71 bits per heavy atom. The largest absolute Gasteiger partial charge is 0.489 e. The van der Waals surface area contributed by atoms with Crippen LogP contribution in [0.2, 0.25) is 0 Å². The van der Waals surface area contributed by atoms with Crippen molar-refractivity contribution < 1.29 is 14.4 Å². The number of hydrogen-bond acceptors (Lipinski definition) is 3. The fourth-order valence-electron chi connectivity index (χ4n) is 1.26. The summed E-state index contributed by atoms with van der Waals surface area (Å²) in [6.07, 6.45) is 0. The molecule has 0 amide bonds. The molecule has 2 N–H and O–H groups in total. The summed E-state index contributed by atoms with van der Waals surface area (Å²) in [5.41, 5.74) is 0.361. The van der Waals surface area contributed by atoms with Crippen LogP contribution in [0.3, 0.4) is 0 Å². The smallest absolute Gasteiger partial charge is 0.423 e. The lowest BCUT2D eigenvalue weighted by molar-refractivity contribution is 0.426. The second-order valence-corrected chi connectivity index (χ2v) is 4.84. The second kappa shape index (κ2) is 3.76. The van der Waals surface area contributed by atoms with E-state index in [1.165, 1.54) is 11.3 Å². The normalized spacial score (nSPS) is 10.9. The van der Waals surface area contributed by atoms with Crippen molar-refractivity contribution in [3.63, 3.8) is 0 Å². The van der Waals surface area contributed by atoms with Crippen LogP contribution in [0, 0.1) is 9.39 Å². The molecule has 0 radical (unpaired) electrons. The summed E-state index contributed by atoms with van der Waals surface area (Å²) in [5, 5.41) is 20.2. The summed E-state index contributed by atoms with van der Waals surface area (Å²) in [6.45, 7) is 0. The molecule has 0 bridgehead atoms. The summed E-state index contributed by atoms with van der Waals surface area (Å²) >= 11 is 3.09. The van der Waals surface area contributed by atoms with E-state index in [4.69, 9.17) is 10.0 Å². The number of benzene rings is 1. The van der Waals surface area contributed by atoms with Crippen molar-refractivity contribution in [1.29, 1.82) is 0 Å². The molecule has 2 aromatic rings. The molecule has 1 aromatic heterocycles. The highest BCUT2D eigenvalue weighted by atomic mass is 127. The van der Waals surface area contributed by atoms with Gasteiger partial charge >= 0.3 is 7.12 Å². The molecular formula is C8H5BFIO2S. The van der Waals surface area contributed by atoms with Crippen LogP contribution in [0.1, 0.15) is 0 Å². The molecule has 14 heavy (non-hydrogen) atoms. The van der Waals surface area contributed by atoms with Crippen molar-refractivity contribution >= 4 is 56.6 Å². The topological polar surface area (TPSA) is 40.5 Å². The molecule has 0 fully saturated rings. The summed E-state index contributed by atoms with van der Waals surface area (Å²) in [5.74, 6) is -0.292. The van der Waals surface area contributed by atoms with Gasteiger partial charge in [0.05, 0.1) is 8.27 Å². The van der Waals surface area contributed by atoms with E-state index in [9.17, 15) is 4.39 Å². The molecule has 0 spiro atoms. The Kier molecular flexibility index (Phi) is 2.78.